The molecule has 1 aliphatic rings. The van der Waals surface area contributed by atoms with Gasteiger partial charge in [0.2, 0.25) is 0 Å². The van der Waals surface area contributed by atoms with Crippen LogP contribution in [0.3, 0.4) is 0 Å². The number of alkyl halides is 4. The number of halogens is 4. The van der Waals surface area contributed by atoms with Crippen LogP contribution in [0.15, 0.2) is 24.3 Å². The summed E-state index contributed by atoms with van der Waals surface area (Å²) in [5.74, 6) is 0. The number of rotatable bonds is 3. The molecule has 0 spiro atoms. The van der Waals surface area contributed by atoms with Crippen LogP contribution in [0.25, 0.3) is 0 Å². The molecule has 1 saturated carbocycles. The highest BCUT2D eigenvalue weighted by Crippen LogP contribution is 2.51. The zero-order chi connectivity index (χ0) is 13.4. The Labute approximate surface area is 103 Å². The summed E-state index contributed by atoms with van der Waals surface area (Å²) in [5, 5.41) is 0. The molecular formula is C13H15F4N. The van der Waals surface area contributed by atoms with Gasteiger partial charge in [-0.3, -0.25) is 0 Å². The molecule has 18 heavy (non-hydrogen) atoms. The van der Waals surface area contributed by atoms with Crippen LogP contribution >= 0.6 is 0 Å². The van der Waals surface area contributed by atoms with Crippen molar-refractivity contribution in [3.63, 3.8) is 0 Å². The quantitative estimate of drug-likeness (QED) is 0.822. The normalized spacial score (nSPS) is 20.3. The molecular weight excluding hydrogens is 246 g/mol. The van der Waals surface area contributed by atoms with E-state index < -0.39 is 23.3 Å². The Hall–Kier alpha value is -1.10. The van der Waals surface area contributed by atoms with E-state index in [1.165, 1.54) is 12.1 Å². The van der Waals surface area contributed by atoms with Crippen molar-refractivity contribution < 1.29 is 17.6 Å². The molecule has 1 aromatic rings. The first-order chi connectivity index (χ1) is 8.39. The fraction of sp³-hybridized carbons (Fsp3) is 0.538. The molecule has 0 radical (unpaired) electrons. The Morgan fingerprint density at radius 1 is 1.28 bits per heavy atom. The summed E-state index contributed by atoms with van der Waals surface area (Å²) in [7, 11) is 0. The summed E-state index contributed by atoms with van der Waals surface area (Å²) in [6.07, 6.45) is -3.69. The van der Waals surface area contributed by atoms with Crippen molar-refractivity contribution in [1.82, 2.24) is 0 Å². The molecule has 0 saturated heterocycles. The van der Waals surface area contributed by atoms with Crippen molar-refractivity contribution in [1.29, 1.82) is 0 Å². The first-order valence-corrected chi connectivity index (χ1v) is 5.90. The van der Waals surface area contributed by atoms with E-state index in [1.54, 1.807) is 0 Å². The number of nitrogens with two attached hydrogens (primary N) is 1. The summed E-state index contributed by atoms with van der Waals surface area (Å²) in [6, 6.07) is 4.48. The number of hydrogen-bond donors (Lipinski definition) is 1. The lowest BCUT2D eigenvalue weighted by atomic mass is 9.64. The summed E-state index contributed by atoms with van der Waals surface area (Å²) >= 11 is 0. The average molecular weight is 261 g/mol. The molecule has 0 amide bonds. The third-order valence-electron chi connectivity index (χ3n) is 3.80. The molecule has 1 atom stereocenters. The topological polar surface area (TPSA) is 26.0 Å². The van der Waals surface area contributed by atoms with Crippen molar-refractivity contribution >= 4 is 0 Å². The lowest BCUT2D eigenvalue weighted by Gasteiger charge is -2.43. The molecule has 100 valence electrons. The largest absolute Gasteiger partial charge is 0.416 e. The van der Waals surface area contributed by atoms with Crippen molar-refractivity contribution in [3.05, 3.63) is 35.4 Å². The van der Waals surface area contributed by atoms with Gasteiger partial charge < -0.3 is 5.73 Å². The van der Waals surface area contributed by atoms with Crippen LogP contribution < -0.4 is 5.73 Å². The Balaban J connectivity index is 2.28. The van der Waals surface area contributed by atoms with Gasteiger partial charge in [-0.2, -0.15) is 13.2 Å². The highest BCUT2D eigenvalue weighted by Gasteiger charge is 2.44. The minimum Gasteiger partial charge on any atom is -0.330 e. The monoisotopic (exact) mass is 261 g/mol. The Kier molecular flexibility index (Phi) is 3.36. The van der Waals surface area contributed by atoms with Crippen molar-refractivity contribution in [2.45, 2.75) is 31.6 Å². The first-order valence-electron chi connectivity index (χ1n) is 5.90. The van der Waals surface area contributed by atoms with Gasteiger partial charge in [-0.25, -0.2) is 4.39 Å². The van der Waals surface area contributed by atoms with Gasteiger partial charge in [0.05, 0.1) is 5.56 Å². The summed E-state index contributed by atoms with van der Waals surface area (Å²) in [5.41, 5.74) is 4.17. The zero-order valence-corrected chi connectivity index (χ0v) is 9.80. The molecule has 2 rings (SSSR count). The molecule has 1 unspecified atom stereocenters. The third kappa shape index (κ3) is 2.23. The molecule has 2 N–H and O–H groups in total. The second-order valence-corrected chi connectivity index (χ2v) is 4.91. The van der Waals surface area contributed by atoms with E-state index in [4.69, 9.17) is 5.73 Å². The molecule has 1 aliphatic carbocycles. The van der Waals surface area contributed by atoms with Crippen molar-refractivity contribution in [2.24, 2.45) is 11.1 Å². The first kappa shape index (κ1) is 13.3. The summed E-state index contributed by atoms with van der Waals surface area (Å²) in [4.78, 5) is 0. The van der Waals surface area contributed by atoms with Gasteiger partial charge in [-0.1, -0.05) is 18.6 Å². The van der Waals surface area contributed by atoms with Crippen molar-refractivity contribution in [2.75, 3.05) is 6.54 Å². The van der Waals surface area contributed by atoms with Crippen LogP contribution in [0.1, 0.15) is 36.6 Å². The lowest BCUT2D eigenvalue weighted by molar-refractivity contribution is -0.137. The average Bonchev–Trinajstić information content (AvgIpc) is 2.27. The van der Waals surface area contributed by atoms with Crippen LogP contribution in [0.4, 0.5) is 17.6 Å². The van der Waals surface area contributed by atoms with Gasteiger partial charge in [0.1, 0.15) is 6.17 Å². The van der Waals surface area contributed by atoms with Gasteiger partial charge in [-0.05, 0) is 30.5 Å². The Morgan fingerprint density at radius 2 is 1.94 bits per heavy atom. The standard InChI is InChI=1S/C13H15F4N/c14-11(12(8-18)5-2-6-12)9-3-1-4-10(7-9)13(15,16)17/h1,3-4,7,11H,2,5-6,8,18H2. The van der Waals surface area contributed by atoms with E-state index in [1.807, 2.05) is 0 Å². The fourth-order valence-corrected chi connectivity index (χ4v) is 2.42. The predicted molar refractivity (Wildman–Crippen MR) is 60.6 cm³/mol. The van der Waals surface area contributed by atoms with E-state index in [9.17, 15) is 17.6 Å². The van der Waals surface area contributed by atoms with Crippen LogP contribution in [0.2, 0.25) is 0 Å². The van der Waals surface area contributed by atoms with E-state index >= 15 is 0 Å². The Bertz CT molecular complexity index is 418. The smallest absolute Gasteiger partial charge is 0.330 e. The van der Waals surface area contributed by atoms with E-state index in [2.05, 4.69) is 0 Å². The van der Waals surface area contributed by atoms with Crippen LogP contribution in [0, 0.1) is 5.41 Å². The molecule has 0 aliphatic heterocycles. The highest BCUT2D eigenvalue weighted by atomic mass is 19.4. The second-order valence-electron chi connectivity index (χ2n) is 4.91. The summed E-state index contributed by atoms with van der Waals surface area (Å²) in [6.45, 7) is 0.171. The maximum atomic E-state index is 14.4. The minimum absolute atomic E-state index is 0.0787. The van der Waals surface area contributed by atoms with Gasteiger partial charge in [0.15, 0.2) is 0 Å². The predicted octanol–water partition coefficient (Wildman–Crippen LogP) is 3.85. The molecule has 5 heteroatoms. The van der Waals surface area contributed by atoms with E-state index in [-0.39, 0.29) is 12.1 Å². The second kappa shape index (κ2) is 4.53. The Morgan fingerprint density at radius 3 is 2.39 bits per heavy atom. The maximum Gasteiger partial charge on any atom is 0.416 e. The SMILES string of the molecule is NCC1(C(F)c2cccc(C(F)(F)F)c2)CCC1. The maximum absolute atomic E-state index is 14.4. The highest BCUT2D eigenvalue weighted by molar-refractivity contribution is 5.29. The van der Waals surface area contributed by atoms with Crippen molar-refractivity contribution in [3.8, 4) is 0 Å². The molecule has 0 bridgehead atoms. The van der Waals surface area contributed by atoms with Crippen LogP contribution in [-0.2, 0) is 6.18 Å². The molecule has 1 nitrogen and oxygen atoms in total. The van der Waals surface area contributed by atoms with Gasteiger partial charge in [0.25, 0.3) is 0 Å². The van der Waals surface area contributed by atoms with E-state index in [0.29, 0.717) is 12.8 Å². The molecule has 1 aromatic carbocycles. The van der Waals surface area contributed by atoms with Gasteiger partial charge >= 0.3 is 6.18 Å². The van der Waals surface area contributed by atoms with Crippen LogP contribution in [-0.4, -0.2) is 6.54 Å². The zero-order valence-electron chi connectivity index (χ0n) is 9.80. The van der Waals surface area contributed by atoms with Gasteiger partial charge in [0, 0.05) is 12.0 Å². The molecule has 0 heterocycles. The molecule has 1 fully saturated rings. The van der Waals surface area contributed by atoms with Gasteiger partial charge in [-0.15, -0.1) is 0 Å². The fourth-order valence-electron chi connectivity index (χ4n) is 2.42. The molecule has 0 aromatic heterocycles. The minimum atomic E-state index is -4.44. The number of benzene rings is 1. The summed E-state index contributed by atoms with van der Waals surface area (Å²) < 4.78 is 52.0. The van der Waals surface area contributed by atoms with E-state index in [0.717, 1.165) is 18.6 Å². The third-order valence-corrected chi connectivity index (χ3v) is 3.80. The van der Waals surface area contributed by atoms with Crippen LogP contribution in [0.5, 0.6) is 0 Å². The lowest BCUT2D eigenvalue weighted by Crippen LogP contribution is -2.41. The number of hydrogen-bond acceptors (Lipinski definition) is 1.